The van der Waals surface area contributed by atoms with Gasteiger partial charge in [-0.1, -0.05) is 6.58 Å². The maximum atomic E-state index is 11.3. The molecule has 0 aromatic rings. The van der Waals surface area contributed by atoms with Crippen LogP contribution in [0.3, 0.4) is 0 Å². The molecule has 0 amide bonds. The molecule has 1 aliphatic carbocycles. The lowest BCUT2D eigenvalue weighted by Gasteiger charge is -2.27. The van der Waals surface area contributed by atoms with Crippen molar-refractivity contribution in [3.05, 3.63) is 18.4 Å². The van der Waals surface area contributed by atoms with Crippen LogP contribution < -0.4 is 0 Å². The molecule has 16 heavy (non-hydrogen) atoms. The average molecular weight is 242 g/mol. The highest BCUT2D eigenvalue weighted by molar-refractivity contribution is 7.47. The fourth-order valence-corrected chi connectivity index (χ4v) is 3.63. The van der Waals surface area contributed by atoms with Gasteiger partial charge in [0.15, 0.2) is 0 Å². The molecule has 0 bridgehead atoms. The van der Waals surface area contributed by atoms with Gasteiger partial charge in [-0.25, -0.2) is 4.57 Å². The van der Waals surface area contributed by atoms with Gasteiger partial charge in [0.1, 0.15) is 6.10 Å². The van der Waals surface area contributed by atoms with Crippen molar-refractivity contribution in [1.82, 2.24) is 0 Å². The highest BCUT2D eigenvalue weighted by atomic mass is 31.2. The number of phosphoric acid groups is 1. The van der Waals surface area contributed by atoms with E-state index in [-0.39, 0.29) is 6.61 Å². The van der Waals surface area contributed by atoms with E-state index in [1.165, 1.54) is 6.08 Å². The summed E-state index contributed by atoms with van der Waals surface area (Å²) in [7, 11) is 1.77. The zero-order chi connectivity index (χ0) is 12.0. The van der Waals surface area contributed by atoms with Gasteiger partial charge in [0.25, 0.3) is 0 Å². The van der Waals surface area contributed by atoms with Crippen molar-refractivity contribution in [2.75, 3.05) is 6.61 Å². The van der Waals surface area contributed by atoms with Gasteiger partial charge in [-0.15, -0.1) is 5.73 Å². The van der Waals surface area contributed by atoms with Crippen molar-refractivity contribution >= 4 is 15.7 Å². The summed E-state index contributed by atoms with van der Waals surface area (Å²) in [5, 5.41) is 9.42. The molecule has 86 valence electrons. The molecule has 1 saturated heterocycles. The lowest BCUT2D eigenvalue weighted by molar-refractivity contribution is 0.0550. The van der Waals surface area contributed by atoms with Crippen LogP contribution in [-0.4, -0.2) is 36.7 Å². The minimum atomic E-state index is -4.03. The number of hydrogen-bond acceptors (Lipinski definition) is 4. The van der Waals surface area contributed by atoms with Crippen LogP contribution >= 0.6 is 7.82 Å². The van der Waals surface area contributed by atoms with Crippen molar-refractivity contribution in [3.63, 3.8) is 0 Å². The minimum Gasteiger partial charge on any atom is -0.395 e. The van der Waals surface area contributed by atoms with Crippen molar-refractivity contribution in [3.8, 4) is 0 Å². The zero-order valence-corrected chi connectivity index (χ0v) is 9.47. The second-order valence-electron chi connectivity index (χ2n) is 4.17. The van der Waals surface area contributed by atoms with Gasteiger partial charge in [0, 0.05) is 5.41 Å². The van der Waals surface area contributed by atoms with Crippen molar-refractivity contribution in [1.29, 1.82) is 0 Å². The molecule has 0 aromatic carbocycles. The number of phosphoric ester groups is 1. The molecule has 5 nitrogen and oxygen atoms in total. The van der Waals surface area contributed by atoms with E-state index >= 15 is 0 Å². The second-order valence-corrected chi connectivity index (χ2v) is 5.53. The Labute approximate surface area is 94.8 Å². The van der Waals surface area contributed by atoms with Gasteiger partial charge < -0.3 is 10.00 Å². The third-order valence-corrected chi connectivity index (χ3v) is 4.09. The van der Waals surface area contributed by atoms with Crippen molar-refractivity contribution in [2.24, 2.45) is 5.41 Å². The molecule has 2 N–H and O–H groups in total. The van der Waals surface area contributed by atoms with Crippen molar-refractivity contribution in [2.45, 2.75) is 24.4 Å². The first-order valence-corrected chi connectivity index (χ1v) is 6.37. The van der Waals surface area contributed by atoms with Crippen LogP contribution in [0.5, 0.6) is 0 Å². The van der Waals surface area contributed by atoms with E-state index in [9.17, 15) is 14.6 Å². The summed E-state index contributed by atoms with van der Waals surface area (Å²) < 4.78 is 21.1. The quantitative estimate of drug-likeness (QED) is 0.420. The summed E-state index contributed by atoms with van der Waals surface area (Å²) in [6.07, 6.45) is 0.540. The molecular weight excluding hydrogens is 230 g/mol. The maximum absolute atomic E-state index is 11.3. The van der Waals surface area contributed by atoms with Gasteiger partial charge in [0.2, 0.25) is 0 Å². The van der Waals surface area contributed by atoms with Crippen LogP contribution in [0.15, 0.2) is 18.4 Å². The highest BCUT2D eigenvalue weighted by Gasteiger charge is 2.60. The summed E-state index contributed by atoms with van der Waals surface area (Å²) in [4.78, 5) is 9.24. The van der Waals surface area contributed by atoms with E-state index in [1.54, 1.807) is 0 Å². The number of rotatable bonds is 2. The number of aliphatic hydroxyl groups excluding tert-OH is 1. The number of aliphatic hydroxyl groups is 1. The predicted octanol–water partition coefficient (Wildman–Crippen LogP) is 0.551. The van der Waals surface area contributed by atoms with E-state index in [1.807, 2.05) is 0 Å². The molecule has 1 aliphatic heterocycles. The Morgan fingerprint density at radius 3 is 2.94 bits per heavy atom. The third-order valence-electron chi connectivity index (χ3n) is 3.09. The third kappa shape index (κ3) is 1.72. The Bertz CT molecular complexity index is 393. The van der Waals surface area contributed by atoms with E-state index in [0.717, 1.165) is 0 Å². The molecule has 0 aromatic heterocycles. The summed E-state index contributed by atoms with van der Waals surface area (Å²) >= 11 is 0. The van der Waals surface area contributed by atoms with E-state index < -0.39 is 31.3 Å². The molecule has 5 atom stereocenters. The highest BCUT2D eigenvalue weighted by Crippen LogP contribution is 2.63. The molecule has 7 heteroatoms. The van der Waals surface area contributed by atoms with E-state index in [2.05, 4.69) is 12.3 Å². The predicted molar refractivity (Wildman–Crippen MR) is 56.9 cm³/mol. The SMILES string of the molecule is [B][C@@H]1C[C@](C=C=C)(CO)[C@@H]2OP(=O)(O)OC12. The Kier molecular flexibility index (Phi) is 2.91. The van der Waals surface area contributed by atoms with E-state index in [0.29, 0.717) is 6.42 Å². The van der Waals surface area contributed by atoms with Crippen molar-refractivity contribution < 1.29 is 23.6 Å². The fourth-order valence-electron chi connectivity index (χ4n) is 2.39. The zero-order valence-electron chi connectivity index (χ0n) is 8.57. The van der Waals surface area contributed by atoms with Gasteiger partial charge in [-0.05, 0) is 18.3 Å². The summed E-state index contributed by atoms with van der Waals surface area (Å²) in [6.45, 7) is 3.18. The molecule has 1 heterocycles. The van der Waals surface area contributed by atoms with Gasteiger partial charge in [-0.2, -0.15) is 0 Å². The van der Waals surface area contributed by atoms with Crippen LogP contribution in [0.4, 0.5) is 0 Å². The maximum Gasteiger partial charge on any atom is 0.472 e. The molecule has 2 fully saturated rings. The van der Waals surface area contributed by atoms with Crippen LogP contribution in [0.2, 0.25) is 5.82 Å². The molecule has 2 rings (SSSR count). The first-order valence-electron chi connectivity index (χ1n) is 4.87. The smallest absolute Gasteiger partial charge is 0.395 e. The number of hydrogen-bond donors (Lipinski definition) is 2. The van der Waals surface area contributed by atoms with E-state index in [4.69, 9.17) is 16.9 Å². The lowest BCUT2D eigenvalue weighted by atomic mass is 9.79. The van der Waals surface area contributed by atoms with Gasteiger partial charge in [0.05, 0.1) is 20.6 Å². The summed E-state index contributed by atoms with van der Waals surface area (Å²) in [5.41, 5.74) is 1.73. The first kappa shape index (κ1) is 12.1. The van der Waals surface area contributed by atoms with Crippen LogP contribution in [0.25, 0.3) is 0 Å². The molecule has 1 saturated carbocycles. The largest absolute Gasteiger partial charge is 0.472 e. The average Bonchev–Trinajstić information content (AvgIpc) is 2.64. The summed E-state index contributed by atoms with van der Waals surface area (Å²) in [6, 6.07) is 0. The molecule has 2 unspecified atom stereocenters. The topological polar surface area (TPSA) is 76.0 Å². The second kappa shape index (κ2) is 3.85. The fraction of sp³-hybridized carbons (Fsp3) is 0.667. The molecular formula is C9H12BO5P. The van der Waals surface area contributed by atoms with Crippen LogP contribution in [0.1, 0.15) is 6.42 Å². The van der Waals surface area contributed by atoms with Crippen LogP contribution in [-0.2, 0) is 13.6 Å². The lowest BCUT2D eigenvalue weighted by Crippen LogP contribution is -2.35. The first-order chi connectivity index (χ1) is 7.44. The minimum absolute atomic E-state index is 0.256. The number of fused-ring (bicyclic) bond motifs is 1. The van der Waals surface area contributed by atoms with Crippen LogP contribution in [0, 0.1) is 5.41 Å². The monoisotopic (exact) mass is 242 g/mol. The normalized spacial score (nSPS) is 51.0. The molecule has 2 radical (unpaired) electrons. The standard InChI is InChI=1S/C9H12BO5P/c1-2-3-9(5-11)4-6(10)7-8(9)15-16(12,13)14-7/h3,6-8,11H,1,4-5H2,(H,12,13)/t6-,7?,8-,9-/m1/s1. The Morgan fingerprint density at radius 2 is 2.38 bits per heavy atom. The summed E-state index contributed by atoms with van der Waals surface area (Å²) in [5.74, 6) is -0.454. The van der Waals surface area contributed by atoms with Gasteiger partial charge in [-0.3, -0.25) is 9.05 Å². The Morgan fingerprint density at radius 1 is 1.69 bits per heavy atom. The Hall–Kier alpha value is -0.345. The molecule has 2 aliphatic rings. The molecule has 0 spiro atoms. The van der Waals surface area contributed by atoms with Gasteiger partial charge >= 0.3 is 7.82 Å². The Balaban J connectivity index is 2.37.